The third kappa shape index (κ3) is 3.88. The van der Waals surface area contributed by atoms with Crippen molar-refractivity contribution in [2.75, 3.05) is 18.5 Å². The fourth-order valence-electron chi connectivity index (χ4n) is 2.47. The van der Waals surface area contributed by atoms with Gasteiger partial charge in [0.25, 0.3) is 5.91 Å². The standard InChI is InChI=1S/C19H20N2O4S/c1-4-23-13-7-8-15(24-5-2)14(10-13)21-19(22)17-18(25-11-20-17)16-9-6-12(3)26-16/h6-11H,4-5H2,1-3H3,(H,21,22). The van der Waals surface area contributed by atoms with E-state index in [-0.39, 0.29) is 11.6 Å². The Balaban J connectivity index is 1.88. The van der Waals surface area contributed by atoms with Crippen LogP contribution in [0, 0.1) is 6.92 Å². The molecule has 0 spiro atoms. The summed E-state index contributed by atoms with van der Waals surface area (Å²) in [4.78, 5) is 18.9. The van der Waals surface area contributed by atoms with Gasteiger partial charge in [-0.3, -0.25) is 4.79 Å². The van der Waals surface area contributed by atoms with E-state index in [1.165, 1.54) is 6.39 Å². The van der Waals surface area contributed by atoms with E-state index in [9.17, 15) is 4.79 Å². The van der Waals surface area contributed by atoms with E-state index in [1.54, 1.807) is 29.5 Å². The Morgan fingerprint density at radius 2 is 2.00 bits per heavy atom. The summed E-state index contributed by atoms with van der Waals surface area (Å²) >= 11 is 1.55. The van der Waals surface area contributed by atoms with Crippen LogP contribution in [0.5, 0.6) is 11.5 Å². The lowest BCUT2D eigenvalue weighted by molar-refractivity contribution is 0.102. The van der Waals surface area contributed by atoms with Crippen molar-refractivity contribution in [2.24, 2.45) is 0 Å². The lowest BCUT2D eigenvalue weighted by Gasteiger charge is -2.13. The maximum absolute atomic E-state index is 12.8. The minimum absolute atomic E-state index is 0.233. The first kappa shape index (κ1) is 18.0. The predicted octanol–water partition coefficient (Wildman–Crippen LogP) is 4.76. The number of thiophene rings is 1. The molecule has 26 heavy (non-hydrogen) atoms. The zero-order valence-electron chi connectivity index (χ0n) is 14.9. The molecule has 7 heteroatoms. The highest BCUT2D eigenvalue weighted by Crippen LogP contribution is 2.33. The fourth-order valence-corrected chi connectivity index (χ4v) is 3.32. The summed E-state index contributed by atoms with van der Waals surface area (Å²) in [5.41, 5.74) is 0.759. The normalized spacial score (nSPS) is 10.6. The van der Waals surface area contributed by atoms with Gasteiger partial charge in [-0.2, -0.15) is 0 Å². The summed E-state index contributed by atoms with van der Waals surface area (Å²) in [5, 5.41) is 2.85. The molecule has 0 saturated carbocycles. The topological polar surface area (TPSA) is 73.6 Å². The SMILES string of the molecule is CCOc1ccc(OCC)c(NC(=O)c2ncoc2-c2ccc(C)s2)c1. The summed E-state index contributed by atoms with van der Waals surface area (Å²) in [5.74, 6) is 1.32. The van der Waals surface area contributed by atoms with Crippen molar-refractivity contribution < 1.29 is 18.7 Å². The lowest BCUT2D eigenvalue weighted by atomic mass is 10.2. The molecule has 3 rings (SSSR count). The highest BCUT2D eigenvalue weighted by molar-refractivity contribution is 7.15. The van der Waals surface area contributed by atoms with Gasteiger partial charge >= 0.3 is 0 Å². The number of hydrogen-bond acceptors (Lipinski definition) is 6. The third-order valence-corrected chi connectivity index (χ3v) is 4.56. The van der Waals surface area contributed by atoms with Crippen molar-refractivity contribution in [3.63, 3.8) is 0 Å². The van der Waals surface area contributed by atoms with Crippen molar-refractivity contribution in [3.8, 4) is 22.1 Å². The van der Waals surface area contributed by atoms with Crippen LogP contribution in [0.1, 0.15) is 29.2 Å². The van der Waals surface area contributed by atoms with E-state index < -0.39 is 0 Å². The summed E-state index contributed by atoms with van der Waals surface area (Å²) in [6.07, 6.45) is 1.28. The van der Waals surface area contributed by atoms with Gasteiger partial charge in [-0.15, -0.1) is 11.3 Å². The number of ether oxygens (including phenoxy) is 2. The molecule has 1 amide bonds. The minimum Gasteiger partial charge on any atom is -0.494 e. The zero-order chi connectivity index (χ0) is 18.5. The van der Waals surface area contributed by atoms with Crippen LogP contribution in [0.2, 0.25) is 0 Å². The number of rotatable bonds is 7. The minimum atomic E-state index is -0.366. The molecule has 0 radical (unpaired) electrons. The van der Waals surface area contributed by atoms with Crippen molar-refractivity contribution in [3.05, 3.63) is 47.3 Å². The van der Waals surface area contributed by atoms with Crippen molar-refractivity contribution in [2.45, 2.75) is 20.8 Å². The summed E-state index contributed by atoms with van der Waals surface area (Å²) in [6.45, 7) is 6.81. The molecule has 0 saturated heterocycles. The number of aromatic nitrogens is 1. The Labute approximate surface area is 155 Å². The molecule has 6 nitrogen and oxygen atoms in total. The molecular formula is C19H20N2O4S. The molecule has 0 aliphatic rings. The number of nitrogens with one attached hydrogen (secondary N) is 1. The van der Waals surface area contributed by atoms with Crippen LogP contribution in [0.3, 0.4) is 0 Å². The molecular weight excluding hydrogens is 352 g/mol. The molecule has 136 valence electrons. The van der Waals surface area contributed by atoms with Gasteiger partial charge in [-0.05, 0) is 45.0 Å². The van der Waals surface area contributed by atoms with Crippen molar-refractivity contribution in [1.82, 2.24) is 4.98 Å². The molecule has 0 atom stereocenters. The van der Waals surface area contributed by atoms with Gasteiger partial charge in [0.1, 0.15) is 11.5 Å². The summed E-state index contributed by atoms with van der Waals surface area (Å²) in [6, 6.07) is 9.21. The smallest absolute Gasteiger partial charge is 0.278 e. The fraction of sp³-hybridized carbons (Fsp3) is 0.263. The van der Waals surface area contributed by atoms with Gasteiger partial charge in [-0.1, -0.05) is 0 Å². The number of aryl methyl sites for hydroxylation is 1. The molecule has 0 unspecified atom stereocenters. The first-order valence-electron chi connectivity index (χ1n) is 8.33. The highest BCUT2D eigenvalue weighted by atomic mass is 32.1. The molecule has 0 fully saturated rings. The lowest BCUT2D eigenvalue weighted by Crippen LogP contribution is -2.14. The van der Waals surface area contributed by atoms with Crippen LogP contribution in [0.15, 0.2) is 41.1 Å². The Morgan fingerprint density at radius 3 is 2.69 bits per heavy atom. The van der Waals surface area contributed by atoms with E-state index in [0.717, 1.165) is 9.75 Å². The van der Waals surface area contributed by atoms with Gasteiger partial charge in [-0.25, -0.2) is 4.98 Å². The number of benzene rings is 1. The number of hydrogen-bond donors (Lipinski definition) is 1. The summed E-state index contributed by atoms with van der Waals surface area (Å²) in [7, 11) is 0. The molecule has 0 aliphatic heterocycles. The number of carbonyl (C=O) groups is 1. The van der Waals surface area contributed by atoms with Gasteiger partial charge < -0.3 is 19.2 Å². The van der Waals surface area contributed by atoms with Gasteiger partial charge in [0.15, 0.2) is 17.8 Å². The number of nitrogens with zero attached hydrogens (tertiary/aromatic N) is 1. The maximum atomic E-state index is 12.8. The van der Waals surface area contributed by atoms with Crippen LogP contribution in [0.4, 0.5) is 5.69 Å². The average Bonchev–Trinajstić information content (AvgIpc) is 3.26. The number of carbonyl (C=O) groups excluding carboxylic acids is 1. The van der Waals surface area contributed by atoms with Crippen LogP contribution < -0.4 is 14.8 Å². The Kier molecular flexibility index (Phi) is 5.58. The first-order valence-corrected chi connectivity index (χ1v) is 9.15. The second kappa shape index (κ2) is 8.05. The Hall–Kier alpha value is -2.80. The highest BCUT2D eigenvalue weighted by Gasteiger charge is 2.21. The number of amides is 1. The molecule has 2 aromatic heterocycles. The molecule has 1 aromatic carbocycles. The van der Waals surface area contributed by atoms with Crippen LogP contribution in [-0.2, 0) is 0 Å². The molecule has 0 bridgehead atoms. The van der Waals surface area contributed by atoms with Crippen LogP contribution >= 0.6 is 11.3 Å². The second-order valence-electron chi connectivity index (χ2n) is 5.42. The Bertz CT molecular complexity index is 901. The molecule has 0 aliphatic carbocycles. The van der Waals surface area contributed by atoms with Crippen LogP contribution in [0.25, 0.3) is 10.6 Å². The van der Waals surface area contributed by atoms with Gasteiger partial charge in [0.2, 0.25) is 0 Å². The van der Waals surface area contributed by atoms with Crippen molar-refractivity contribution >= 4 is 22.9 Å². The van der Waals surface area contributed by atoms with Gasteiger partial charge in [0.05, 0.1) is 23.8 Å². The van der Waals surface area contributed by atoms with E-state index in [1.807, 2.05) is 32.9 Å². The quantitative estimate of drug-likeness (QED) is 0.647. The van der Waals surface area contributed by atoms with E-state index in [2.05, 4.69) is 10.3 Å². The van der Waals surface area contributed by atoms with Crippen LogP contribution in [-0.4, -0.2) is 24.1 Å². The number of oxazole rings is 1. The van der Waals surface area contributed by atoms with Gasteiger partial charge in [0, 0.05) is 10.9 Å². The Morgan fingerprint density at radius 1 is 1.19 bits per heavy atom. The second-order valence-corrected chi connectivity index (χ2v) is 6.71. The molecule has 2 heterocycles. The monoisotopic (exact) mass is 372 g/mol. The van der Waals surface area contributed by atoms with Crippen molar-refractivity contribution in [1.29, 1.82) is 0 Å². The van der Waals surface area contributed by atoms with E-state index in [4.69, 9.17) is 13.9 Å². The largest absolute Gasteiger partial charge is 0.494 e. The zero-order valence-corrected chi connectivity index (χ0v) is 15.7. The first-order chi connectivity index (χ1) is 12.6. The number of anilines is 1. The van der Waals surface area contributed by atoms with E-state index >= 15 is 0 Å². The predicted molar refractivity (Wildman–Crippen MR) is 101 cm³/mol. The maximum Gasteiger partial charge on any atom is 0.278 e. The third-order valence-electron chi connectivity index (χ3n) is 3.56. The summed E-state index contributed by atoms with van der Waals surface area (Å²) < 4.78 is 16.5. The molecule has 1 N–H and O–H groups in total. The molecule has 3 aromatic rings. The average molecular weight is 372 g/mol. The van der Waals surface area contributed by atoms with E-state index in [0.29, 0.717) is 36.2 Å².